The van der Waals surface area contributed by atoms with Crippen molar-refractivity contribution in [2.45, 2.75) is 50.2 Å². The highest BCUT2D eigenvalue weighted by Gasteiger charge is 2.29. The monoisotopic (exact) mass is 321 g/mol. The number of anilines is 1. The van der Waals surface area contributed by atoms with Crippen LogP contribution in [0.25, 0.3) is 0 Å². The molecule has 1 aliphatic heterocycles. The van der Waals surface area contributed by atoms with E-state index >= 15 is 0 Å². The van der Waals surface area contributed by atoms with Crippen molar-refractivity contribution < 1.29 is 0 Å². The maximum atomic E-state index is 5.91. The van der Waals surface area contributed by atoms with Crippen LogP contribution in [0.3, 0.4) is 0 Å². The lowest BCUT2D eigenvalue weighted by molar-refractivity contribution is 0.631. The molecule has 2 heterocycles. The number of hydrogen-bond donors (Lipinski definition) is 2. The van der Waals surface area contributed by atoms with E-state index in [4.69, 9.17) is 22.9 Å². The molecule has 114 valence electrons. The Labute approximate surface area is 136 Å². The van der Waals surface area contributed by atoms with Crippen LogP contribution in [0.4, 0.5) is 5.82 Å². The van der Waals surface area contributed by atoms with Crippen LogP contribution < -0.4 is 11.1 Å². The lowest BCUT2D eigenvalue weighted by Gasteiger charge is -2.25. The van der Waals surface area contributed by atoms with Crippen LogP contribution in [0.2, 0.25) is 0 Å². The van der Waals surface area contributed by atoms with Crippen LogP contribution in [0, 0.1) is 0 Å². The van der Waals surface area contributed by atoms with Gasteiger partial charge in [-0.2, -0.15) is 11.8 Å². The van der Waals surface area contributed by atoms with Gasteiger partial charge in [-0.1, -0.05) is 12.2 Å². The van der Waals surface area contributed by atoms with E-state index in [-0.39, 0.29) is 0 Å². The number of nitrogens with zero attached hydrogens (tertiary/aromatic N) is 1. The molecule has 0 spiro atoms. The number of nitrogens with one attached hydrogen (secondary N) is 1. The van der Waals surface area contributed by atoms with E-state index < -0.39 is 0 Å². The molecule has 1 aromatic heterocycles. The quantitative estimate of drug-likeness (QED) is 0.834. The fraction of sp³-hybridized carbons (Fsp3) is 0.625. The van der Waals surface area contributed by atoms with Crippen molar-refractivity contribution in [3.8, 4) is 0 Å². The van der Waals surface area contributed by atoms with Crippen molar-refractivity contribution in [3.05, 3.63) is 22.9 Å². The third-order valence-electron chi connectivity index (χ3n) is 4.50. The Bertz CT molecular complexity index is 551. The zero-order chi connectivity index (χ0) is 14.9. The van der Waals surface area contributed by atoms with Crippen molar-refractivity contribution >= 4 is 34.8 Å². The highest BCUT2D eigenvalue weighted by molar-refractivity contribution is 8.00. The van der Waals surface area contributed by atoms with Gasteiger partial charge in [0.25, 0.3) is 0 Å². The summed E-state index contributed by atoms with van der Waals surface area (Å²) in [5.41, 5.74) is 9.38. The molecule has 0 radical (unpaired) electrons. The van der Waals surface area contributed by atoms with Crippen molar-refractivity contribution in [3.63, 3.8) is 0 Å². The summed E-state index contributed by atoms with van der Waals surface area (Å²) in [6.45, 7) is 3.26. The van der Waals surface area contributed by atoms with Crippen molar-refractivity contribution in [1.82, 2.24) is 4.98 Å². The molecule has 0 amide bonds. The number of fused-ring (bicyclic) bond motifs is 1. The summed E-state index contributed by atoms with van der Waals surface area (Å²) in [6, 6.07) is 2.16. The summed E-state index contributed by atoms with van der Waals surface area (Å²) in [7, 11) is 0. The predicted molar refractivity (Wildman–Crippen MR) is 95.4 cm³/mol. The van der Waals surface area contributed by atoms with Crippen LogP contribution >= 0.6 is 24.0 Å². The van der Waals surface area contributed by atoms with Crippen LogP contribution in [0.15, 0.2) is 6.07 Å². The average Bonchev–Trinajstić information content (AvgIpc) is 2.91. The molecule has 2 aliphatic rings. The molecule has 1 fully saturated rings. The minimum atomic E-state index is 0.311. The molecule has 3 rings (SSSR count). The maximum Gasteiger partial charge on any atom is 0.136 e. The SMILES string of the molecule is CC1(CNc2nc3c(cc2C(N)=S)CCCC3)CCCS1. The molecule has 0 saturated carbocycles. The van der Waals surface area contributed by atoms with Crippen molar-refractivity contribution in [2.75, 3.05) is 17.6 Å². The number of aryl methyl sites for hydroxylation is 2. The van der Waals surface area contributed by atoms with Gasteiger partial charge in [0.05, 0.1) is 5.56 Å². The molecule has 3 N–H and O–H groups in total. The number of pyridine rings is 1. The van der Waals surface area contributed by atoms with Gasteiger partial charge < -0.3 is 11.1 Å². The summed E-state index contributed by atoms with van der Waals surface area (Å²) in [5, 5.41) is 3.53. The highest BCUT2D eigenvalue weighted by Crippen LogP contribution is 2.38. The topological polar surface area (TPSA) is 50.9 Å². The van der Waals surface area contributed by atoms with Gasteiger partial charge in [0, 0.05) is 17.0 Å². The van der Waals surface area contributed by atoms with E-state index in [0.29, 0.717) is 9.74 Å². The molecule has 21 heavy (non-hydrogen) atoms. The molecule has 1 aliphatic carbocycles. The number of hydrogen-bond acceptors (Lipinski definition) is 4. The number of rotatable bonds is 4. The second-order valence-electron chi connectivity index (χ2n) is 6.32. The Kier molecular flexibility index (Phi) is 4.41. The van der Waals surface area contributed by atoms with Gasteiger partial charge in [-0.15, -0.1) is 0 Å². The van der Waals surface area contributed by atoms with Crippen LogP contribution in [0.1, 0.15) is 49.4 Å². The zero-order valence-electron chi connectivity index (χ0n) is 12.6. The molecule has 0 aromatic carbocycles. The fourth-order valence-electron chi connectivity index (χ4n) is 3.20. The van der Waals surface area contributed by atoms with Gasteiger partial charge in [0.2, 0.25) is 0 Å². The Hall–Kier alpha value is -0.810. The molecule has 0 bridgehead atoms. The van der Waals surface area contributed by atoms with Crippen LogP contribution in [-0.2, 0) is 12.8 Å². The molecular formula is C16H23N3S2. The largest absolute Gasteiger partial charge is 0.389 e. The number of thiocarbonyl (C=S) groups is 1. The molecule has 1 unspecified atom stereocenters. The standard InChI is InChI=1S/C16H23N3S2/c1-16(7-4-8-21-16)10-18-15-12(14(17)20)9-11-5-2-3-6-13(11)19-15/h9H,2-8,10H2,1H3,(H2,17,20)(H,18,19). The van der Waals surface area contributed by atoms with E-state index in [0.717, 1.165) is 30.8 Å². The lowest BCUT2D eigenvalue weighted by atomic mass is 9.94. The first-order chi connectivity index (χ1) is 10.1. The minimum Gasteiger partial charge on any atom is -0.389 e. The van der Waals surface area contributed by atoms with Gasteiger partial charge >= 0.3 is 0 Å². The Morgan fingerprint density at radius 2 is 2.24 bits per heavy atom. The summed E-state index contributed by atoms with van der Waals surface area (Å²) >= 11 is 7.28. The lowest BCUT2D eigenvalue weighted by Crippen LogP contribution is -2.29. The summed E-state index contributed by atoms with van der Waals surface area (Å²) < 4.78 is 0.311. The zero-order valence-corrected chi connectivity index (χ0v) is 14.2. The summed E-state index contributed by atoms with van der Waals surface area (Å²) in [6.07, 6.45) is 7.23. The predicted octanol–water partition coefficient (Wildman–Crippen LogP) is 3.29. The number of aromatic nitrogens is 1. The summed E-state index contributed by atoms with van der Waals surface area (Å²) in [4.78, 5) is 5.29. The van der Waals surface area contributed by atoms with E-state index in [2.05, 4.69) is 30.1 Å². The fourth-order valence-corrected chi connectivity index (χ4v) is 4.60. The van der Waals surface area contributed by atoms with Gasteiger partial charge in [-0.3, -0.25) is 0 Å². The van der Waals surface area contributed by atoms with E-state index in [1.807, 2.05) is 0 Å². The molecule has 3 nitrogen and oxygen atoms in total. The van der Waals surface area contributed by atoms with E-state index in [1.54, 1.807) is 0 Å². The molecular weight excluding hydrogens is 298 g/mol. The minimum absolute atomic E-state index is 0.311. The average molecular weight is 322 g/mol. The normalized spacial score (nSPS) is 24.6. The van der Waals surface area contributed by atoms with E-state index in [1.165, 1.54) is 42.7 Å². The smallest absolute Gasteiger partial charge is 0.136 e. The second kappa shape index (κ2) is 6.13. The first-order valence-electron chi connectivity index (χ1n) is 7.78. The van der Waals surface area contributed by atoms with Gasteiger partial charge in [-0.05, 0) is 62.8 Å². The van der Waals surface area contributed by atoms with E-state index in [9.17, 15) is 0 Å². The Morgan fingerprint density at radius 1 is 1.43 bits per heavy atom. The molecule has 1 atom stereocenters. The van der Waals surface area contributed by atoms with Gasteiger partial charge in [0.1, 0.15) is 10.8 Å². The number of nitrogens with two attached hydrogens (primary N) is 1. The first kappa shape index (κ1) is 15.1. The second-order valence-corrected chi connectivity index (χ2v) is 8.44. The Morgan fingerprint density at radius 3 is 2.95 bits per heavy atom. The van der Waals surface area contributed by atoms with Gasteiger partial charge in [-0.25, -0.2) is 4.98 Å². The molecule has 5 heteroatoms. The third-order valence-corrected chi connectivity index (χ3v) is 6.25. The number of thioether (sulfide) groups is 1. The van der Waals surface area contributed by atoms with Crippen molar-refractivity contribution in [1.29, 1.82) is 0 Å². The summed E-state index contributed by atoms with van der Waals surface area (Å²) in [5.74, 6) is 2.15. The van der Waals surface area contributed by atoms with Crippen LogP contribution in [0.5, 0.6) is 0 Å². The first-order valence-corrected chi connectivity index (χ1v) is 9.17. The Balaban J connectivity index is 1.84. The van der Waals surface area contributed by atoms with Crippen molar-refractivity contribution in [2.24, 2.45) is 5.73 Å². The van der Waals surface area contributed by atoms with Gasteiger partial charge in [0.15, 0.2) is 0 Å². The molecule has 1 saturated heterocycles. The molecule has 1 aromatic rings. The van der Waals surface area contributed by atoms with Crippen LogP contribution in [-0.4, -0.2) is 27.0 Å². The third kappa shape index (κ3) is 3.34. The maximum absolute atomic E-state index is 5.91. The highest BCUT2D eigenvalue weighted by atomic mass is 32.2.